The number of hydrogen-bond acceptors (Lipinski definition) is 2. The van der Waals surface area contributed by atoms with E-state index in [4.69, 9.17) is 0 Å². The average Bonchev–Trinajstić information content (AvgIpc) is 2.77. The SMILES string of the molecule is Cc1cc(Br)ccc1CNC(=O)CC1CC2CCC(C1)N2.Cl. The van der Waals surface area contributed by atoms with Crippen LogP contribution in [0.4, 0.5) is 0 Å². The fourth-order valence-corrected chi connectivity index (χ4v) is 4.20. The van der Waals surface area contributed by atoms with Crippen LogP contribution in [0.1, 0.15) is 43.2 Å². The Morgan fingerprint density at radius 1 is 1.32 bits per heavy atom. The lowest BCUT2D eigenvalue weighted by atomic mass is 9.89. The molecule has 3 nitrogen and oxygen atoms in total. The van der Waals surface area contributed by atoms with E-state index < -0.39 is 0 Å². The Morgan fingerprint density at radius 3 is 2.64 bits per heavy atom. The van der Waals surface area contributed by atoms with Gasteiger partial charge in [0.05, 0.1) is 0 Å². The first-order valence-electron chi connectivity index (χ1n) is 7.88. The molecule has 1 aromatic carbocycles. The lowest BCUT2D eigenvalue weighted by Gasteiger charge is -2.28. The minimum Gasteiger partial charge on any atom is -0.352 e. The van der Waals surface area contributed by atoms with Gasteiger partial charge in [-0.2, -0.15) is 0 Å². The van der Waals surface area contributed by atoms with Gasteiger partial charge in [0, 0.05) is 29.5 Å². The zero-order chi connectivity index (χ0) is 14.8. The van der Waals surface area contributed by atoms with E-state index in [0.29, 0.717) is 31.0 Å². The molecule has 2 saturated heterocycles. The molecule has 0 aliphatic carbocycles. The smallest absolute Gasteiger partial charge is 0.220 e. The lowest BCUT2D eigenvalue weighted by molar-refractivity contribution is -0.122. The van der Waals surface area contributed by atoms with Crippen molar-refractivity contribution in [2.45, 2.75) is 57.7 Å². The Hall–Kier alpha value is -0.580. The van der Waals surface area contributed by atoms with Crippen LogP contribution in [-0.4, -0.2) is 18.0 Å². The number of carbonyl (C=O) groups excluding carboxylic acids is 1. The van der Waals surface area contributed by atoms with Crippen molar-refractivity contribution in [3.63, 3.8) is 0 Å². The number of piperidine rings is 1. The molecule has 0 radical (unpaired) electrons. The number of halogens is 2. The van der Waals surface area contributed by atoms with Gasteiger partial charge in [-0.15, -0.1) is 12.4 Å². The van der Waals surface area contributed by atoms with Crippen LogP contribution in [0, 0.1) is 12.8 Å². The Morgan fingerprint density at radius 2 is 2.00 bits per heavy atom. The van der Waals surface area contributed by atoms with Crippen LogP contribution in [0.5, 0.6) is 0 Å². The Bertz CT molecular complexity index is 525. The van der Waals surface area contributed by atoms with Crippen LogP contribution in [0.25, 0.3) is 0 Å². The van der Waals surface area contributed by atoms with Crippen molar-refractivity contribution in [2.24, 2.45) is 5.92 Å². The number of fused-ring (bicyclic) bond motifs is 2. The number of amides is 1. The highest BCUT2D eigenvalue weighted by Crippen LogP contribution is 2.32. The molecule has 0 saturated carbocycles. The normalized spacial score (nSPS) is 26.4. The second kappa shape index (κ2) is 7.80. The lowest BCUT2D eigenvalue weighted by Crippen LogP contribution is -2.39. The van der Waals surface area contributed by atoms with Gasteiger partial charge in [0.2, 0.25) is 5.91 Å². The van der Waals surface area contributed by atoms with Crippen molar-refractivity contribution in [3.8, 4) is 0 Å². The Balaban J connectivity index is 0.00000176. The van der Waals surface area contributed by atoms with Crippen molar-refractivity contribution in [2.75, 3.05) is 0 Å². The molecule has 2 aliphatic heterocycles. The summed E-state index contributed by atoms with van der Waals surface area (Å²) >= 11 is 3.47. The predicted molar refractivity (Wildman–Crippen MR) is 95.3 cm³/mol. The molecule has 2 unspecified atom stereocenters. The molecule has 3 rings (SSSR count). The summed E-state index contributed by atoms with van der Waals surface area (Å²) in [6.07, 6.45) is 5.61. The van der Waals surface area contributed by atoms with Gasteiger partial charge in [0.15, 0.2) is 0 Å². The van der Waals surface area contributed by atoms with Gasteiger partial charge in [-0.25, -0.2) is 0 Å². The zero-order valence-corrected chi connectivity index (χ0v) is 15.3. The van der Waals surface area contributed by atoms with Crippen LogP contribution in [0.2, 0.25) is 0 Å². The summed E-state index contributed by atoms with van der Waals surface area (Å²) in [6, 6.07) is 7.51. The van der Waals surface area contributed by atoms with Crippen LogP contribution < -0.4 is 10.6 Å². The molecule has 2 aliphatic rings. The third kappa shape index (κ3) is 4.46. The number of nitrogens with one attached hydrogen (secondary N) is 2. The molecular formula is C17H24BrClN2O. The monoisotopic (exact) mass is 386 g/mol. The molecule has 2 atom stereocenters. The van der Waals surface area contributed by atoms with Crippen LogP contribution in [0.15, 0.2) is 22.7 Å². The van der Waals surface area contributed by atoms with Crippen molar-refractivity contribution in [1.82, 2.24) is 10.6 Å². The van der Waals surface area contributed by atoms with Gasteiger partial charge >= 0.3 is 0 Å². The third-order valence-electron chi connectivity index (χ3n) is 4.83. The molecule has 0 aromatic heterocycles. The molecule has 2 heterocycles. The molecule has 22 heavy (non-hydrogen) atoms. The fraction of sp³-hybridized carbons (Fsp3) is 0.588. The topological polar surface area (TPSA) is 41.1 Å². The quantitative estimate of drug-likeness (QED) is 0.827. The molecule has 2 fully saturated rings. The summed E-state index contributed by atoms with van der Waals surface area (Å²) in [5.74, 6) is 0.762. The second-order valence-electron chi connectivity index (χ2n) is 6.53. The molecule has 2 N–H and O–H groups in total. The first-order valence-corrected chi connectivity index (χ1v) is 8.67. The number of carbonyl (C=O) groups is 1. The number of hydrogen-bond donors (Lipinski definition) is 2. The van der Waals surface area contributed by atoms with Gasteiger partial charge in [0.1, 0.15) is 0 Å². The van der Waals surface area contributed by atoms with Crippen molar-refractivity contribution < 1.29 is 4.79 Å². The van der Waals surface area contributed by atoms with Crippen molar-refractivity contribution in [3.05, 3.63) is 33.8 Å². The van der Waals surface area contributed by atoms with Crippen LogP contribution >= 0.6 is 28.3 Å². The van der Waals surface area contributed by atoms with Crippen molar-refractivity contribution >= 4 is 34.2 Å². The van der Waals surface area contributed by atoms with E-state index in [1.807, 2.05) is 6.07 Å². The summed E-state index contributed by atoms with van der Waals surface area (Å²) in [4.78, 5) is 12.2. The maximum absolute atomic E-state index is 12.2. The molecule has 5 heteroatoms. The highest BCUT2D eigenvalue weighted by molar-refractivity contribution is 9.10. The summed E-state index contributed by atoms with van der Waals surface area (Å²) < 4.78 is 1.08. The van der Waals surface area contributed by atoms with E-state index >= 15 is 0 Å². The number of benzene rings is 1. The zero-order valence-electron chi connectivity index (χ0n) is 12.9. The van der Waals surface area contributed by atoms with Gasteiger partial charge in [0.25, 0.3) is 0 Å². The largest absolute Gasteiger partial charge is 0.352 e. The van der Waals surface area contributed by atoms with E-state index in [-0.39, 0.29) is 18.3 Å². The van der Waals surface area contributed by atoms with Crippen molar-refractivity contribution in [1.29, 1.82) is 0 Å². The predicted octanol–water partition coefficient (Wildman–Crippen LogP) is 3.72. The summed E-state index contributed by atoms with van der Waals surface area (Å²) in [6.45, 7) is 2.71. The molecule has 0 spiro atoms. The summed E-state index contributed by atoms with van der Waals surface area (Å²) in [7, 11) is 0. The Labute approximate surface area is 147 Å². The number of aryl methyl sites for hydroxylation is 1. The summed E-state index contributed by atoms with van der Waals surface area (Å²) in [5, 5.41) is 6.71. The molecule has 1 amide bonds. The van der Waals surface area contributed by atoms with Crippen LogP contribution in [0.3, 0.4) is 0 Å². The molecule has 2 bridgehead atoms. The average molecular weight is 388 g/mol. The molecule has 1 aromatic rings. The van der Waals surface area contributed by atoms with Gasteiger partial charge in [-0.05, 0) is 61.8 Å². The van der Waals surface area contributed by atoms with E-state index in [0.717, 1.165) is 4.47 Å². The maximum Gasteiger partial charge on any atom is 0.220 e. The van der Waals surface area contributed by atoms with Gasteiger partial charge in [-0.1, -0.05) is 22.0 Å². The summed E-state index contributed by atoms with van der Waals surface area (Å²) in [5.41, 5.74) is 2.40. The number of rotatable bonds is 4. The van der Waals surface area contributed by atoms with E-state index in [9.17, 15) is 4.79 Å². The first kappa shape index (κ1) is 17.8. The van der Waals surface area contributed by atoms with Crippen LogP contribution in [-0.2, 0) is 11.3 Å². The minimum atomic E-state index is 0. The van der Waals surface area contributed by atoms with Gasteiger partial charge < -0.3 is 10.6 Å². The second-order valence-corrected chi connectivity index (χ2v) is 7.44. The highest BCUT2D eigenvalue weighted by Gasteiger charge is 2.34. The third-order valence-corrected chi connectivity index (χ3v) is 5.32. The van der Waals surface area contributed by atoms with Gasteiger partial charge in [-0.3, -0.25) is 4.79 Å². The fourth-order valence-electron chi connectivity index (χ4n) is 3.73. The van der Waals surface area contributed by atoms with E-state index in [2.05, 4.69) is 45.6 Å². The van der Waals surface area contributed by atoms with E-state index in [1.54, 1.807) is 0 Å². The standard InChI is InChI=1S/C17H23BrN2O.ClH/c1-11-6-14(18)3-2-13(11)10-19-17(21)9-12-7-15-4-5-16(8-12)20-15;/h2-3,6,12,15-16,20H,4-5,7-10H2,1H3,(H,19,21);1H. The van der Waals surface area contributed by atoms with E-state index in [1.165, 1.54) is 36.8 Å². The maximum atomic E-state index is 12.2. The molecule has 122 valence electrons. The first-order chi connectivity index (χ1) is 10.1. The molecular weight excluding hydrogens is 364 g/mol. The highest BCUT2D eigenvalue weighted by atomic mass is 79.9. The Kier molecular flexibility index (Phi) is 6.30. The minimum absolute atomic E-state index is 0.